The molecule has 2 aliphatic heterocycles. The number of imidazole rings is 1. The fourth-order valence-corrected chi connectivity index (χ4v) is 3.36. The van der Waals surface area contributed by atoms with E-state index >= 15 is 0 Å². The van der Waals surface area contributed by atoms with Gasteiger partial charge in [0.15, 0.2) is 0 Å². The lowest BCUT2D eigenvalue weighted by molar-refractivity contribution is -0.142. The minimum atomic E-state index is -0.679. The number of aryl methyl sites for hydroxylation is 1. The molecule has 0 amide bonds. The minimum absolute atomic E-state index is 0.243. The molecule has 5 nitrogen and oxygen atoms in total. The second kappa shape index (κ2) is 5.56. The van der Waals surface area contributed by atoms with Crippen LogP contribution in [-0.2, 0) is 24.2 Å². The number of nitrogens with zero attached hydrogens (tertiary/aromatic N) is 3. The molecule has 1 saturated heterocycles. The largest absolute Gasteiger partial charge is 0.481 e. The van der Waals surface area contributed by atoms with Crippen molar-refractivity contribution >= 4 is 5.97 Å². The van der Waals surface area contributed by atoms with Gasteiger partial charge in [-0.1, -0.05) is 0 Å². The Bertz CT molecular complexity index is 489. The number of hydrogen-bond acceptors (Lipinski definition) is 3. The summed E-state index contributed by atoms with van der Waals surface area (Å²) in [7, 11) is 2.18. The Morgan fingerprint density at radius 2 is 2.15 bits per heavy atom. The third-order valence-electron chi connectivity index (χ3n) is 4.73. The van der Waals surface area contributed by atoms with Crippen LogP contribution in [0.3, 0.4) is 0 Å². The van der Waals surface area contributed by atoms with E-state index in [4.69, 9.17) is 10.1 Å². The first-order valence-corrected chi connectivity index (χ1v) is 7.58. The topological polar surface area (TPSA) is 58.4 Å². The lowest BCUT2D eigenvalue weighted by Gasteiger charge is -2.28. The number of carboxylic acids is 1. The normalized spacial score (nSPS) is 24.6. The zero-order chi connectivity index (χ0) is 14.1. The van der Waals surface area contributed by atoms with Crippen molar-refractivity contribution in [3.05, 3.63) is 17.7 Å². The fraction of sp³-hybridized carbons (Fsp3) is 0.733. The van der Waals surface area contributed by atoms with Gasteiger partial charge in [-0.3, -0.25) is 4.79 Å². The number of carboxylic acid groups (broad SMARTS) is 1. The van der Waals surface area contributed by atoms with Gasteiger partial charge in [0.05, 0.1) is 11.6 Å². The van der Waals surface area contributed by atoms with Crippen molar-refractivity contribution in [3.63, 3.8) is 0 Å². The first-order chi connectivity index (χ1) is 9.61. The van der Waals surface area contributed by atoms with Crippen molar-refractivity contribution in [2.45, 2.75) is 38.6 Å². The molecule has 1 atom stereocenters. The van der Waals surface area contributed by atoms with E-state index in [0.29, 0.717) is 6.54 Å². The van der Waals surface area contributed by atoms with Gasteiger partial charge in [-0.15, -0.1) is 0 Å². The number of hydrogen-bond donors (Lipinski definition) is 1. The predicted octanol–water partition coefficient (Wildman–Crippen LogP) is 1.41. The summed E-state index contributed by atoms with van der Waals surface area (Å²) in [6.07, 6.45) is 7.14. The van der Waals surface area contributed by atoms with Crippen LogP contribution >= 0.6 is 0 Å². The first kappa shape index (κ1) is 13.6. The molecule has 1 aromatic rings. The zero-order valence-electron chi connectivity index (χ0n) is 12.1. The molecule has 110 valence electrons. The summed E-state index contributed by atoms with van der Waals surface area (Å²) in [6, 6.07) is 0. The molecule has 20 heavy (non-hydrogen) atoms. The minimum Gasteiger partial charge on any atom is -0.481 e. The molecule has 0 aliphatic carbocycles. The summed E-state index contributed by atoms with van der Waals surface area (Å²) in [5, 5.41) is 9.12. The molecule has 0 radical (unpaired) electrons. The van der Waals surface area contributed by atoms with Crippen LogP contribution in [0, 0.1) is 11.8 Å². The SMILES string of the molecule is CN1CCC(Cc2cn3c(n2)CCC(C(=O)O)C3)CC1. The van der Waals surface area contributed by atoms with E-state index in [1.807, 2.05) is 0 Å². The Morgan fingerprint density at radius 3 is 2.85 bits per heavy atom. The smallest absolute Gasteiger partial charge is 0.308 e. The zero-order valence-corrected chi connectivity index (χ0v) is 12.1. The summed E-state index contributed by atoms with van der Waals surface area (Å²) in [6.45, 7) is 2.95. The molecule has 1 fully saturated rings. The summed E-state index contributed by atoms with van der Waals surface area (Å²) in [5.74, 6) is 0.887. The van der Waals surface area contributed by atoms with E-state index in [-0.39, 0.29) is 5.92 Å². The van der Waals surface area contributed by atoms with Crippen LogP contribution in [-0.4, -0.2) is 45.7 Å². The molecule has 0 bridgehead atoms. The average Bonchev–Trinajstić information content (AvgIpc) is 2.82. The number of aromatic nitrogens is 2. The maximum atomic E-state index is 11.1. The van der Waals surface area contributed by atoms with Crippen LogP contribution in [0.1, 0.15) is 30.8 Å². The number of carbonyl (C=O) groups is 1. The highest BCUT2D eigenvalue weighted by atomic mass is 16.4. The number of fused-ring (bicyclic) bond motifs is 1. The van der Waals surface area contributed by atoms with E-state index in [2.05, 4.69) is 22.7 Å². The van der Waals surface area contributed by atoms with Crippen LogP contribution in [0.4, 0.5) is 0 Å². The summed E-state index contributed by atoms with van der Waals surface area (Å²) < 4.78 is 2.06. The molecule has 5 heteroatoms. The Morgan fingerprint density at radius 1 is 1.40 bits per heavy atom. The lowest BCUT2D eigenvalue weighted by atomic mass is 9.93. The van der Waals surface area contributed by atoms with E-state index in [1.165, 1.54) is 25.9 Å². The van der Waals surface area contributed by atoms with Gasteiger partial charge in [-0.25, -0.2) is 4.98 Å². The quantitative estimate of drug-likeness (QED) is 0.907. The summed E-state index contributed by atoms with van der Waals surface area (Å²) >= 11 is 0. The van der Waals surface area contributed by atoms with Gasteiger partial charge in [-0.2, -0.15) is 0 Å². The second-order valence-corrected chi connectivity index (χ2v) is 6.33. The van der Waals surface area contributed by atoms with Crippen molar-refractivity contribution in [1.82, 2.24) is 14.5 Å². The van der Waals surface area contributed by atoms with Crippen LogP contribution in [0.25, 0.3) is 0 Å². The molecule has 0 spiro atoms. The van der Waals surface area contributed by atoms with Gasteiger partial charge >= 0.3 is 5.97 Å². The van der Waals surface area contributed by atoms with E-state index in [9.17, 15) is 4.79 Å². The molecule has 0 aromatic carbocycles. The Labute approximate surface area is 119 Å². The summed E-state index contributed by atoms with van der Waals surface area (Å²) in [5.41, 5.74) is 1.15. The van der Waals surface area contributed by atoms with Gasteiger partial charge in [-0.05, 0) is 51.7 Å². The fourth-order valence-electron chi connectivity index (χ4n) is 3.36. The van der Waals surface area contributed by atoms with Gasteiger partial charge in [0, 0.05) is 19.2 Å². The number of piperidine rings is 1. The molecular formula is C15H23N3O2. The Hall–Kier alpha value is -1.36. The highest BCUT2D eigenvalue weighted by Crippen LogP contribution is 2.24. The molecule has 1 unspecified atom stereocenters. The average molecular weight is 277 g/mol. The number of aliphatic carboxylic acids is 1. The predicted molar refractivity (Wildman–Crippen MR) is 75.6 cm³/mol. The van der Waals surface area contributed by atoms with E-state index < -0.39 is 5.97 Å². The monoisotopic (exact) mass is 277 g/mol. The third kappa shape index (κ3) is 2.87. The van der Waals surface area contributed by atoms with Crippen molar-refractivity contribution in [1.29, 1.82) is 0 Å². The molecule has 1 N–H and O–H groups in total. The van der Waals surface area contributed by atoms with Crippen molar-refractivity contribution in [2.75, 3.05) is 20.1 Å². The van der Waals surface area contributed by atoms with Crippen molar-refractivity contribution < 1.29 is 9.90 Å². The second-order valence-electron chi connectivity index (χ2n) is 6.33. The van der Waals surface area contributed by atoms with Crippen LogP contribution in [0.2, 0.25) is 0 Å². The van der Waals surface area contributed by atoms with Crippen molar-refractivity contribution in [3.8, 4) is 0 Å². The molecule has 0 saturated carbocycles. The van der Waals surface area contributed by atoms with Crippen LogP contribution in [0.5, 0.6) is 0 Å². The van der Waals surface area contributed by atoms with Gasteiger partial charge in [0.25, 0.3) is 0 Å². The summed E-state index contributed by atoms with van der Waals surface area (Å²) in [4.78, 5) is 18.2. The van der Waals surface area contributed by atoms with Crippen molar-refractivity contribution in [2.24, 2.45) is 11.8 Å². The molecular weight excluding hydrogens is 254 g/mol. The molecule has 3 rings (SSSR count). The lowest BCUT2D eigenvalue weighted by Crippen LogP contribution is -2.31. The Kier molecular flexibility index (Phi) is 3.78. The number of rotatable bonds is 3. The molecule has 3 heterocycles. The first-order valence-electron chi connectivity index (χ1n) is 7.58. The van der Waals surface area contributed by atoms with Gasteiger partial charge in [0.2, 0.25) is 0 Å². The van der Waals surface area contributed by atoms with Gasteiger partial charge in [0.1, 0.15) is 5.82 Å². The number of likely N-dealkylation sites (tertiary alicyclic amines) is 1. The van der Waals surface area contributed by atoms with E-state index in [1.54, 1.807) is 0 Å². The molecule has 2 aliphatic rings. The maximum absolute atomic E-state index is 11.1. The highest BCUT2D eigenvalue weighted by Gasteiger charge is 2.26. The standard InChI is InChI=1S/C15H23N3O2/c1-17-6-4-11(5-7-17)8-13-10-18-9-12(15(19)20)2-3-14(18)16-13/h10-12H,2-9H2,1H3,(H,19,20). The van der Waals surface area contributed by atoms with Crippen LogP contribution < -0.4 is 0 Å². The Balaban J connectivity index is 1.63. The van der Waals surface area contributed by atoms with Gasteiger partial charge < -0.3 is 14.6 Å². The van der Waals surface area contributed by atoms with E-state index in [0.717, 1.165) is 36.7 Å². The third-order valence-corrected chi connectivity index (χ3v) is 4.73. The maximum Gasteiger partial charge on any atom is 0.308 e. The molecule has 1 aromatic heterocycles. The highest BCUT2D eigenvalue weighted by molar-refractivity contribution is 5.70. The van der Waals surface area contributed by atoms with Crippen LogP contribution in [0.15, 0.2) is 6.20 Å².